The fourth-order valence-corrected chi connectivity index (χ4v) is 7.18. The maximum atomic E-state index is 6.18. The minimum absolute atomic E-state index is 0.589. The van der Waals surface area contributed by atoms with E-state index in [0.29, 0.717) is 32.7 Å². The first-order chi connectivity index (χ1) is 22.5. The normalized spacial score (nSPS) is 13.0. The first-order valence-electron chi connectivity index (χ1n) is 16.9. The molecule has 0 amide bonds. The third-order valence-corrected chi connectivity index (χ3v) is 9.24. The molecule has 46 heavy (non-hydrogen) atoms. The molecule has 0 fully saturated rings. The zero-order valence-electron chi connectivity index (χ0n) is 27.5. The average molecular weight is 622 g/mol. The Hall–Kier alpha value is -3.76. The molecule has 1 aliphatic rings. The first-order valence-corrected chi connectivity index (χ1v) is 16.9. The number of hydrogen-bond donors (Lipinski definition) is 5. The smallest absolute Gasteiger partial charge is 0.146 e. The van der Waals surface area contributed by atoms with Crippen LogP contribution in [0.3, 0.4) is 0 Å². The van der Waals surface area contributed by atoms with Gasteiger partial charge in [-0.3, -0.25) is 4.48 Å². The van der Waals surface area contributed by atoms with E-state index in [-0.39, 0.29) is 0 Å². The Bertz CT molecular complexity index is 1460. The topological polar surface area (TPSA) is 137 Å². The van der Waals surface area contributed by atoms with Crippen LogP contribution >= 0.6 is 0 Å². The number of rotatable bonds is 17. The van der Waals surface area contributed by atoms with E-state index >= 15 is 0 Å². The summed E-state index contributed by atoms with van der Waals surface area (Å²) in [4.78, 5) is 4.54. The number of fused-ring (bicyclic) bond motifs is 3. The van der Waals surface area contributed by atoms with Crippen molar-refractivity contribution in [3.8, 4) is 33.4 Å². The SMILES string of the molecule is CCC[N+]1(CCCN)c2cc(-c3cccc(N(CCN)CCN)c3)ccc2-c2ccc(-c3cccc(N(CCN)CCN)c3)cc21. The molecule has 244 valence electrons. The van der Waals surface area contributed by atoms with Crippen LogP contribution in [0.25, 0.3) is 33.4 Å². The van der Waals surface area contributed by atoms with Gasteiger partial charge < -0.3 is 38.5 Å². The quantitative estimate of drug-likeness (QED) is 0.106. The highest BCUT2D eigenvalue weighted by Gasteiger charge is 2.43. The minimum atomic E-state index is 0.589. The summed E-state index contributed by atoms with van der Waals surface area (Å²) in [5, 5.41) is 0. The van der Waals surface area contributed by atoms with Gasteiger partial charge in [-0.25, -0.2) is 0 Å². The highest BCUT2D eigenvalue weighted by molar-refractivity contribution is 5.98. The lowest BCUT2D eigenvalue weighted by molar-refractivity contribution is 0.383. The van der Waals surface area contributed by atoms with Gasteiger partial charge in [0, 0.05) is 93.4 Å². The van der Waals surface area contributed by atoms with Crippen LogP contribution in [0.1, 0.15) is 19.8 Å². The second-order valence-corrected chi connectivity index (χ2v) is 12.3. The van der Waals surface area contributed by atoms with Crippen LogP contribution in [0.5, 0.6) is 0 Å². The Morgan fingerprint density at radius 3 is 1.33 bits per heavy atom. The fourth-order valence-electron chi connectivity index (χ4n) is 7.18. The van der Waals surface area contributed by atoms with Crippen molar-refractivity contribution in [3.63, 3.8) is 0 Å². The van der Waals surface area contributed by atoms with Crippen molar-refractivity contribution in [1.29, 1.82) is 0 Å². The zero-order chi connectivity index (χ0) is 32.5. The fraction of sp³-hybridized carbons (Fsp3) is 0.368. The van der Waals surface area contributed by atoms with E-state index in [0.717, 1.165) is 68.0 Å². The third-order valence-electron chi connectivity index (χ3n) is 9.24. The first kappa shape index (κ1) is 33.6. The van der Waals surface area contributed by atoms with Crippen LogP contribution in [0.4, 0.5) is 22.7 Å². The average Bonchev–Trinajstić information content (AvgIpc) is 3.35. The molecule has 5 rings (SSSR count). The monoisotopic (exact) mass is 621 g/mol. The zero-order valence-corrected chi connectivity index (χ0v) is 27.5. The molecule has 0 spiro atoms. The molecule has 0 atom stereocenters. The van der Waals surface area contributed by atoms with E-state index in [1.807, 2.05) is 0 Å². The molecule has 8 heteroatoms. The van der Waals surface area contributed by atoms with Crippen molar-refractivity contribution in [2.75, 3.05) is 81.8 Å². The molecule has 1 aliphatic heterocycles. The lowest BCUT2D eigenvalue weighted by atomic mass is 9.97. The van der Waals surface area contributed by atoms with Gasteiger partial charge in [0.25, 0.3) is 0 Å². The van der Waals surface area contributed by atoms with E-state index in [9.17, 15) is 0 Å². The van der Waals surface area contributed by atoms with Crippen molar-refractivity contribution >= 4 is 22.7 Å². The third kappa shape index (κ3) is 6.83. The second-order valence-electron chi connectivity index (χ2n) is 12.3. The van der Waals surface area contributed by atoms with Crippen LogP contribution in [0.15, 0.2) is 84.9 Å². The lowest BCUT2D eigenvalue weighted by Gasteiger charge is -2.35. The molecule has 8 nitrogen and oxygen atoms in total. The lowest BCUT2D eigenvalue weighted by Crippen LogP contribution is -2.45. The van der Waals surface area contributed by atoms with Crippen LogP contribution in [-0.4, -0.2) is 72.0 Å². The van der Waals surface area contributed by atoms with Gasteiger partial charge in [-0.05, 0) is 71.6 Å². The van der Waals surface area contributed by atoms with Gasteiger partial charge in [0.15, 0.2) is 0 Å². The predicted octanol–water partition coefficient (Wildman–Crippen LogP) is 4.85. The summed E-state index contributed by atoms with van der Waals surface area (Å²) < 4.78 is 0.804. The molecule has 0 aliphatic carbocycles. The Morgan fingerprint density at radius 1 is 0.500 bits per heavy atom. The summed E-state index contributed by atoms with van der Waals surface area (Å²) >= 11 is 0. The van der Waals surface area contributed by atoms with Crippen LogP contribution < -0.4 is 43.0 Å². The van der Waals surface area contributed by atoms with E-state index in [1.54, 1.807) is 0 Å². The van der Waals surface area contributed by atoms with Gasteiger partial charge in [0.05, 0.1) is 13.1 Å². The molecule has 0 bridgehead atoms. The predicted molar refractivity (Wildman–Crippen MR) is 199 cm³/mol. The number of nitrogens with zero attached hydrogens (tertiary/aromatic N) is 3. The van der Waals surface area contributed by atoms with E-state index in [4.69, 9.17) is 28.7 Å². The van der Waals surface area contributed by atoms with E-state index < -0.39 is 0 Å². The number of anilines is 2. The molecule has 0 radical (unpaired) electrons. The van der Waals surface area contributed by atoms with Crippen molar-refractivity contribution < 1.29 is 0 Å². The van der Waals surface area contributed by atoms with Crippen LogP contribution in [0.2, 0.25) is 0 Å². The molecular formula is C38H53N8+. The van der Waals surface area contributed by atoms with Crippen molar-refractivity contribution in [2.24, 2.45) is 28.7 Å². The summed E-state index contributed by atoms with van der Waals surface area (Å²) in [7, 11) is 0. The molecule has 10 N–H and O–H groups in total. The van der Waals surface area contributed by atoms with E-state index in [2.05, 4.69) is 102 Å². The molecule has 0 unspecified atom stereocenters. The molecule has 4 aromatic rings. The Balaban J connectivity index is 1.60. The van der Waals surface area contributed by atoms with Crippen LogP contribution in [-0.2, 0) is 0 Å². The van der Waals surface area contributed by atoms with Crippen molar-refractivity contribution in [3.05, 3.63) is 84.9 Å². The van der Waals surface area contributed by atoms with E-state index in [1.165, 1.54) is 44.8 Å². The number of hydrogen-bond acceptors (Lipinski definition) is 7. The van der Waals surface area contributed by atoms with Gasteiger partial charge in [-0.2, -0.15) is 0 Å². The number of nitrogens with two attached hydrogens (primary N) is 5. The maximum absolute atomic E-state index is 6.18. The maximum Gasteiger partial charge on any atom is 0.146 e. The summed E-state index contributed by atoms with van der Waals surface area (Å²) in [6.07, 6.45) is 2.00. The molecule has 4 aromatic carbocycles. The van der Waals surface area contributed by atoms with Crippen molar-refractivity contribution in [1.82, 2.24) is 4.48 Å². The molecule has 0 saturated carbocycles. The summed E-state index contributed by atoms with van der Waals surface area (Å²) in [5.74, 6) is 0. The molecule has 0 aromatic heterocycles. The Morgan fingerprint density at radius 2 is 0.935 bits per heavy atom. The minimum Gasteiger partial charge on any atom is -0.369 e. The summed E-state index contributed by atoms with van der Waals surface area (Å²) in [5.41, 5.74) is 42.4. The summed E-state index contributed by atoms with van der Waals surface area (Å²) in [6.45, 7) is 10.4. The number of quaternary nitrogens is 1. The second kappa shape index (κ2) is 15.7. The van der Waals surface area contributed by atoms with Gasteiger partial charge in [-0.15, -0.1) is 0 Å². The molecule has 0 saturated heterocycles. The molecule has 1 heterocycles. The largest absolute Gasteiger partial charge is 0.369 e. The highest BCUT2D eigenvalue weighted by atomic mass is 15.4. The Kier molecular flexibility index (Phi) is 11.5. The van der Waals surface area contributed by atoms with Crippen molar-refractivity contribution in [2.45, 2.75) is 19.8 Å². The molecular weight excluding hydrogens is 568 g/mol. The van der Waals surface area contributed by atoms with Gasteiger partial charge >= 0.3 is 0 Å². The Labute approximate surface area is 275 Å². The van der Waals surface area contributed by atoms with Gasteiger partial charge in [0.2, 0.25) is 0 Å². The number of benzene rings is 4. The van der Waals surface area contributed by atoms with Gasteiger partial charge in [-0.1, -0.05) is 43.3 Å². The highest BCUT2D eigenvalue weighted by Crippen LogP contribution is 2.55. The van der Waals surface area contributed by atoms with Crippen LogP contribution in [0, 0.1) is 0 Å². The van der Waals surface area contributed by atoms with Gasteiger partial charge in [0.1, 0.15) is 11.4 Å². The standard InChI is InChI=1S/C38H53N8/c1-2-23-46(24-5-14-39)37-27-31(29-6-3-8-33(25-29)44(19-15-40)20-16-41)10-12-35(37)36-13-11-32(28-38(36)46)30-7-4-9-34(26-30)45(21-17-42)22-18-43/h3-4,6-13,25-28H,2,5,14-24,39-43H2,1H3/q+1. The summed E-state index contributed by atoms with van der Waals surface area (Å²) in [6, 6.07) is 31.6.